The molecule has 0 saturated carbocycles. The third-order valence-corrected chi connectivity index (χ3v) is 11.9. The molecule has 0 saturated heterocycles. The Morgan fingerprint density at radius 2 is 0.871 bits per heavy atom. The monoisotopic (exact) mass is 934 g/mol. The van der Waals surface area contributed by atoms with Crippen LogP contribution in [0.2, 0.25) is 0 Å². The highest BCUT2D eigenvalue weighted by Crippen LogP contribution is 2.21. The molecule has 0 amide bonds. The molecule has 0 radical (unpaired) electrons. The van der Waals surface area contributed by atoms with Gasteiger partial charge in [-0.25, -0.2) is 40.2 Å². The van der Waals surface area contributed by atoms with E-state index in [1.165, 1.54) is 64.1 Å². The molecular formula is C35H35ClN10O13S3. The summed E-state index contributed by atoms with van der Waals surface area (Å²) in [5.41, 5.74) is 10.9. The van der Waals surface area contributed by atoms with E-state index < -0.39 is 44.3 Å². The smallest absolute Gasteiger partial charge is 0.269 e. The van der Waals surface area contributed by atoms with Crippen molar-refractivity contribution in [3.63, 3.8) is 0 Å². The number of ether oxygens (including phenoxy) is 3. The van der Waals surface area contributed by atoms with Gasteiger partial charge < -0.3 is 25.7 Å². The van der Waals surface area contributed by atoms with Gasteiger partial charge >= 0.3 is 0 Å². The van der Waals surface area contributed by atoms with E-state index in [1.807, 2.05) is 0 Å². The second-order valence-electron chi connectivity index (χ2n) is 11.5. The number of rotatable bonds is 12. The molecule has 0 aliphatic rings. The first-order chi connectivity index (χ1) is 29.2. The van der Waals surface area contributed by atoms with E-state index in [9.17, 15) is 45.5 Å². The van der Waals surface area contributed by atoms with Crippen molar-refractivity contribution in [2.45, 2.75) is 26.2 Å². The van der Waals surface area contributed by atoms with E-state index >= 15 is 0 Å². The third-order valence-electron chi connectivity index (χ3n) is 7.25. The molecule has 0 fully saturated rings. The van der Waals surface area contributed by atoms with Crippen LogP contribution in [0, 0.1) is 20.2 Å². The Bertz CT molecular complexity index is 2790. The lowest BCUT2D eigenvalue weighted by Gasteiger charge is -2.05. The molecule has 4 N–H and O–H groups in total. The van der Waals surface area contributed by atoms with Gasteiger partial charge in [0, 0.05) is 77.4 Å². The summed E-state index contributed by atoms with van der Waals surface area (Å²) in [4.78, 5) is 42.6. The normalized spacial score (nSPS) is 10.8. The number of aromatic nitrogens is 6. The van der Waals surface area contributed by atoms with Crippen molar-refractivity contribution in [2.24, 2.45) is 0 Å². The fourth-order valence-corrected chi connectivity index (χ4v) is 7.45. The van der Waals surface area contributed by atoms with Gasteiger partial charge in [0.1, 0.15) is 23.2 Å². The minimum atomic E-state index is -3.80. The van der Waals surface area contributed by atoms with Crippen LogP contribution in [0.4, 0.5) is 23.0 Å². The number of sulfone groups is 2. The van der Waals surface area contributed by atoms with Crippen LogP contribution in [-0.4, -0.2) is 86.3 Å². The van der Waals surface area contributed by atoms with Gasteiger partial charge in [-0.2, -0.15) is 15.0 Å². The summed E-state index contributed by atoms with van der Waals surface area (Å²) in [6.07, 6.45) is 4.40. The number of nitro groups is 2. The fourth-order valence-electron chi connectivity index (χ4n) is 4.28. The number of non-ortho nitro benzene ring substituents is 2. The summed E-state index contributed by atoms with van der Waals surface area (Å²) in [7, 11) is -1.58. The van der Waals surface area contributed by atoms with Crippen LogP contribution in [0.5, 0.6) is 17.6 Å². The lowest BCUT2D eigenvalue weighted by atomic mass is 10.3. The molecule has 6 rings (SSSR count). The molecule has 3 aromatic heterocycles. The average Bonchev–Trinajstić information content (AvgIpc) is 3.24. The largest absolute Gasteiger partial charge is 0.481 e. The fraction of sp³-hybridized carbons (Fsp3) is 0.143. The number of halogens is 1. The van der Waals surface area contributed by atoms with E-state index in [-0.39, 0.29) is 55.3 Å². The maximum absolute atomic E-state index is 12.2. The molecule has 328 valence electrons. The second kappa shape index (κ2) is 22.4. The molecule has 0 atom stereocenters. The van der Waals surface area contributed by atoms with Crippen LogP contribution < -0.4 is 25.7 Å². The Labute approximate surface area is 358 Å². The molecule has 3 heterocycles. The van der Waals surface area contributed by atoms with Gasteiger partial charge in [0.2, 0.25) is 23.6 Å². The van der Waals surface area contributed by atoms with Crippen molar-refractivity contribution in [3.05, 3.63) is 141 Å². The maximum Gasteiger partial charge on any atom is 0.269 e. The topological polar surface area (TPSA) is 346 Å². The molecular weight excluding hydrogens is 900 g/mol. The Kier molecular flexibility index (Phi) is 17.8. The van der Waals surface area contributed by atoms with E-state index in [0.717, 1.165) is 36.4 Å². The van der Waals surface area contributed by atoms with Crippen molar-refractivity contribution in [2.75, 3.05) is 32.8 Å². The maximum atomic E-state index is 12.2. The van der Waals surface area contributed by atoms with Gasteiger partial charge in [-0.15, -0.1) is 0 Å². The summed E-state index contributed by atoms with van der Waals surface area (Å²) in [6.45, 7) is 0. The van der Waals surface area contributed by atoms with Crippen LogP contribution in [0.3, 0.4) is 0 Å². The van der Waals surface area contributed by atoms with Gasteiger partial charge in [0.05, 0.1) is 45.9 Å². The molecule has 0 spiro atoms. The van der Waals surface area contributed by atoms with Crippen LogP contribution in [-0.2, 0) is 40.2 Å². The second-order valence-corrected chi connectivity index (χ2v) is 18.1. The highest BCUT2D eigenvalue weighted by Gasteiger charge is 2.20. The highest BCUT2D eigenvalue weighted by atomic mass is 35.7. The Balaban J connectivity index is 0.000000230. The number of anilines is 2. The number of hydrogen-bond donors (Lipinski definition) is 2. The highest BCUT2D eigenvalue weighted by molar-refractivity contribution is 8.13. The summed E-state index contributed by atoms with van der Waals surface area (Å²) in [5.74, 6) is 0.896. The van der Waals surface area contributed by atoms with Crippen molar-refractivity contribution < 1.29 is 49.3 Å². The molecule has 0 aliphatic heterocycles. The molecule has 62 heavy (non-hydrogen) atoms. The predicted octanol–water partition coefficient (Wildman–Crippen LogP) is 4.00. The predicted molar refractivity (Wildman–Crippen MR) is 222 cm³/mol. The number of nitrogens with zero attached hydrogens (tertiary/aromatic N) is 8. The van der Waals surface area contributed by atoms with E-state index in [0.29, 0.717) is 17.4 Å². The minimum absolute atomic E-state index is 0.0282. The van der Waals surface area contributed by atoms with E-state index in [2.05, 4.69) is 29.9 Å². The zero-order valence-corrected chi connectivity index (χ0v) is 35.7. The lowest BCUT2D eigenvalue weighted by molar-refractivity contribution is -0.385. The van der Waals surface area contributed by atoms with Gasteiger partial charge in [-0.3, -0.25) is 20.2 Å². The lowest BCUT2D eigenvalue weighted by Crippen LogP contribution is -2.08. The number of benzene rings is 3. The Morgan fingerprint density at radius 3 is 1.19 bits per heavy atom. The molecule has 3 aromatic carbocycles. The first kappa shape index (κ1) is 49.2. The number of nitro benzene ring substituents is 2. The van der Waals surface area contributed by atoms with Crippen LogP contribution in [0.1, 0.15) is 11.6 Å². The number of nitrogen functional groups attached to an aromatic ring is 2. The van der Waals surface area contributed by atoms with Crippen LogP contribution in [0.25, 0.3) is 0 Å². The van der Waals surface area contributed by atoms with Gasteiger partial charge in [0.15, 0.2) is 19.7 Å². The molecule has 0 aliphatic carbocycles. The van der Waals surface area contributed by atoms with Crippen molar-refractivity contribution in [1.82, 2.24) is 29.9 Å². The average molecular weight is 935 g/mol. The zero-order chi connectivity index (χ0) is 46.1. The first-order valence-corrected chi connectivity index (χ1v) is 22.4. The number of methoxy groups -OCH3 is 3. The number of hydrogen-bond acceptors (Lipinski definition) is 21. The third kappa shape index (κ3) is 15.8. The summed E-state index contributed by atoms with van der Waals surface area (Å²) < 4.78 is 84.7. The van der Waals surface area contributed by atoms with Gasteiger partial charge in [-0.05, 0) is 48.5 Å². The van der Waals surface area contributed by atoms with Crippen molar-refractivity contribution in [3.8, 4) is 17.6 Å². The quantitative estimate of drug-likeness (QED) is 0.0757. The number of nitrogens with two attached hydrogens (primary N) is 2. The van der Waals surface area contributed by atoms with Crippen LogP contribution >= 0.6 is 10.7 Å². The van der Waals surface area contributed by atoms with Crippen molar-refractivity contribution in [1.29, 1.82) is 0 Å². The van der Waals surface area contributed by atoms with E-state index in [4.69, 9.17) is 36.4 Å². The molecule has 23 nitrogen and oxygen atoms in total. The van der Waals surface area contributed by atoms with Crippen molar-refractivity contribution >= 4 is 62.4 Å². The molecule has 6 aromatic rings. The summed E-state index contributed by atoms with van der Waals surface area (Å²) in [6, 6.07) is 19.7. The minimum Gasteiger partial charge on any atom is -0.481 e. The molecule has 0 unspecified atom stereocenters. The molecule has 0 bridgehead atoms. The first-order valence-electron chi connectivity index (χ1n) is 16.8. The Morgan fingerprint density at radius 1 is 0.532 bits per heavy atom. The zero-order valence-electron chi connectivity index (χ0n) is 32.4. The van der Waals surface area contributed by atoms with Gasteiger partial charge in [-0.1, -0.05) is 0 Å². The van der Waals surface area contributed by atoms with Gasteiger partial charge in [0.25, 0.3) is 20.4 Å². The standard InChI is InChI=1S/C12H11N3O5S.C12H13N3O3S.C6H4ClNO4S.C5H7N3O/c1-20-12-6-7-13-11(14-12)8-21(18,19)10-4-2-9(3-5-10)15(16)17;1-18-12-6-7-14-11(15-12)8-19(16,17)10-4-2-9(13)3-5-10;7-13(11,12)6-3-1-5(2-4-6)8(9)10;1-9-4-2-3-7-5(6)8-4/h2-7H,8H2,1H3;2-7H,8,13H2,1H3;1-4H;2-3H,1H3,(H2,6,7,8). The van der Waals surface area contributed by atoms with E-state index in [1.54, 1.807) is 30.5 Å². The summed E-state index contributed by atoms with van der Waals surface area (Å²) in [5, 5.41) is 20.7. The Hall–Kier alpha value is -7.16. The SMILES string of the molecule is COc1ccnc(CS(=O)(=O)c2ccc(N)cc2)n1.COc1ccnc(CS(=O)(=O)c2ccc([N+](=O)[O-])cc2)n1.COc1ccnc(N)n1.O=[N+]([O-])c1ccc(S(=O)(=O)Cl)cc1. The summed E-state index contributed by atoms with van der Waals surface area (Å²) >= 11 is 0. The van der Waals surface area contributed by atoms with Crippen LogP contribution in [0.15, 0.2) is 124 Å². The molecule has 27 heteroatoms.